The highest BCUT2D eigenvalue weighted by molar-refractivity contribution is 7.82. The van der Waals surface area contributed by atoms with Crippen LogP contribution in [0.5, 0.6) is 0 Å². The molecule has 4 N–H and O–H groups in total. The predicted molar refractivity (Wildman–Crippen MR) is 92.3 cm³/mol. The van der Waals surface area contributed by atoms with Crippen molar-refractivity contribution in [3.05, 3.63) is 30.7 Å². The van der Waals surface area contributed by atoms with Gasteiger partial charge in [-0.15, -0.1) is 0 Å². The maximum atomic E-state index is 11.6. The Morgan fingerprint density at radius 2 is 2.35 bits per heavy atom. The van der Waals surface area contributed by atoms with Crippen LogP contribution in [-0.4, -0.2) is 44.2 Å². The molecule has 7 nitrogen and oxygen atoms in total. The fourth-order valence-electron chi connectivity index (χ4n) is 3.21. The second-order valence-corrected chi connectivity index (χ2v) is 6.91. The van der Waals surface area contributed by atoms with Crippen LogP contribution in [0.4, 0.5) is 5.69 Å². The number of hydrogen-bond acceptors (Lipinski definition) is 5. The summed E-state index contributed by atoms with van der Waals surface area (Å²) in [5.74, 6) is 0.144. The molecule has 0 amide bonds. The molecule has 0 bridgehead atoms. The zero-order valence-electron chi connectivity index (χ0n) is 12.5. The summed E-state index contributed by atoms with van der Waals surface area (Å²) < 4.78 is 14.7. The summed E-state index contributed by atoms with van der Waals surface area (Å²) in [6, 6.07) is 4.27. The van der Waals surface area contributed by atoms with E-state index < -0.39 is 11.0 Å². The van der Waals surface area contributed by atoms with Crippen LogP contribution in [0.1, 0.15) is 6.42 Å². The third-order valence-electron chi connectivity index (χ3n) is 4.25. The van der Waals surface area contributed by atoms with E-state index >= 15 is 0 Å². The summed E-state index contributed by atoms with van der Waals surface area (Å²) in [5, 5.41) is 2.19. The van der Waals surface area contributed by atoms with Gasteiger partial charge in [0.15, 0.2) is 5.65 Å². The van der Waals surface area contributed by atoms with Crippen LogP contribution in [0.25, 0.3) is 21.9 Å². The van der Waals surface area contributed by atoms with E-state index in [1.165, 1.54) is 0 Å². The third-order valence-corrected chi connectivity index (χ3v) is 5.15. The molecule has 0 aliphatic carbocycles. The highest BCUT2D eigenvalue weighted by Crippen LogP contribution is 2.32. The van der Waals surface area contributed by atoms with E-state index in [4.69, 9.17) is 5.73 Å². The fourth-order valence-corrected chi connectivity index (χ4v) is 3.87. The van der Waals surface area contributed by atoms with Crippen molar-refractivity contribution in [2.75, 3.05) is 23.9 Å². The van der Waals surface area contributed by atoms with Gasteiger partial charge in [-0.25, -0.2) is 18.9 Å². The van der Waals surface area contributed by atoms with Crippen LogP contribution in [0.15, 0.2) is 30.7 Å². The van der Waals surface area contributed by atoms with Gasteiger partial charge in [0.1, 0.15) is 11.0 Å². The topological polar surface area (TPSA) is 99.9 Å². The largest absolute Gasteiger partial charge is 0.369 e. The first kappa shape index (κ1) is 14.6. The Morgan fingerprint density at radius 3 is 3.22 bits per heavy atom. The van der Waals surface area contributed by atoms with E-state index in [1.807, 2.05) is 18.5 Å². The Morgan fingerprint density at radius 1 is 1.43 bits per heavy atom. The third kappa shape index (κ3) is 2.58. The van der Waals surface area contributed by atoms with Crippen molar-refractivity contribution in [3.8, 4) is 0 Å². The molecule has 8 heteroatoms. The number of nitrogens with zero attached hydrogens (tertiary/aromatic N) is 3. The molecule has 4 heterocycles. The lowest BCUT2D eigenvalue weighted by Crippen LogP contribution is -2.36. The van der Waals surface area contributed by atoms with Gasteiger partial charge < -0.3 is 15.6 Å². The maximum Gasteiger partial charge on any atom is 0.159 e. The molecule has 2 unspecified atom stereocenters. The zero-order valence-corrected chi connectivity index (χ0v) is 13.3. The standard InChI is InChI=1S/C15H18N6OS/c16-9-23(22)20-10-3-6-21(8-10)13-2-5-17-12-7-19-15-11(14(12)13)1-4-18-15/h1-2,4-5,7,10,17,20H,3,6,8-9,16H2. The van der Waals surface area contributed by atoms with Crippen LogP contribution in [0, 0.1) is 0 Å². The lowest BCUT2D eigenvalue weighted by Gasteiger charge is -2.21. The number of hydrogen-bond donors (Lipinski definition) is 3. The van der Waals surface area contributed by atoms with Crippen molar-refractivity contribution >= 4 is 38.6 Å². The smallest absolute Gasteiger partial charge is 0.159 e. The molecule has 2 atom stereocenters. The molecular formula is C15H18N6OS. The number of nitrogens with two attached hydrogens (primary N) is 1. The summed E-state index contributed by atoms with van der Waals surface area (Å²) in [7, 11) is -1.16. The van der Waals surface area contributed by atoms with Gasteiger partial charge in [0.25, 0.3) is 0 Å². The van der Waals surface area contributed by atoms with Crippen LogP contribution in [0.3, 0.4) is 0 Å². The molecular weight excluding hydrogens is 312 g/mol. The molecule has 1 aliphatic rings. The Labute approximate surface area is 135 Å². The van der Waals surface area contributed by atoms with Crippen LogP contribution < -0.4 is 15.4 Å². The Balaban J connectivity index is 1.72. The number of rotatable bonds is 4. The van der Waals surface area contributed by atoms with Gasteiger partial charge in [-0.3, -0.25) is 0 Å². The van der Waals surface area contributed by atoms with Crippen molar-refractivity contribution < 1.29 is 4.21 Å². The first-order valence-electron chi connectivity index (χ1n) is 7.56. The molecule has 0 aromatic carbocycles. The monoisotopic (exact) mass is 330 g/mol. The Bertz CT molecular complexity index is 879. The van der Waals surface area contributed by atoms with Crippen molar-refractivity contribution in [2.24, 2.45) is 5.73 Å². The number of aromatic nitrogens is 3. The van der Waals surface area contributed by atoms with Crippen molar-refractivity contribution in [1.82, 2.24) is 19.7 Å². The number of pyridine rings is 2. The Hall–Kier alpha value is -2.03. The molecule has 1 fully saturated rings. The van der Waals surface area contributed by atoms with E-state index in [0.29, 0.717) is 0 Å². The lowest BCUT2D eigenvalue weighted by atomic mass is 10.1. The molecule has 1 aliphatic heterocycles. The first-order valence-corrected chi connectivity index (χ1v) is 8.88. The van der Waals surface area contributed by atoms with Gasteiger partial charge in [0.2, 0.25) is 0 Å². The average molecular weight is 330 g/mol. The molecule has 0 spiro atoms. The van der Waals surface area contributed by atoms with Crippen molar-refractivity contribution in [3.63, 3.8) is 0 Å². The molecule has 23 heavy (non-hydrogen) atoms. The molecule has 0 radical (unpaired) electrons. The highest BCUT2D eigenvalue weighted by atomic mass is 32.2. The summed E-state index contributed by atoms with van der Waals surface area (Å²) in [4.78, 5) is 14.2. The number of fused-ring (bicyclic) bond motifs is 3. The van der Waals surface area contributed by atoms with E-state index in [0.717, 1.165) is 47.1 Å². The molecule has 120 valence electrons. The van der Waals surface area contributed by atoms with Gasteiger partial charge in [0, 0.05) is 48.0 Å². The average Bonchev–Trinajstić information content (AvgIpc) is 3.23. The predicted octanol–water partition coefficient (Wildman–Crippen LogP) is 0.859. The molecule has 3 aromatic heterocycles. The van der Waals surface area contributed by atoms with E-state index in [2.05, 4.69) is 30.6 Å². The van der Waals surface area contributed by atoms with Gasteiger partial charge in [-0.05, 0) is 18.6 Å². The Kier molecular flexibility index (Phi) is 3.72. The van der Waals surface area contributed by atoms with Gasteiger partial charge in [-0.2, -0.15) is 0 Å². The molecule has 4 rings (SSSR count). The summed E-state index contributed by atoms with van der Waals surface area (Å²) in [5.41, 5.74) is 8.33. The summed E-state index contributed by atoms with van der Waals surface area (Å²) >= 11 is 0. The number of H-pyrrole nitrogens is 1. The van der Waals surface area contributed by atoms with Crippen LogP contribution >= 0.6 is 0 Å². The lowest BCUT2D eigenvalue weighted by molar-refractivity contribution is 0.638. The fraction of sp³-hybridized carbons (Fsp3) is 0.333. The van der Waals surface area contributed by atoms with Crippen LogP contribution in [0.2, 0.25) is 0 Å². The van der Waals surface area contributed by atoms with E-state index in [9.17, 15) is 4.21 Å². The minimum Gasteiger partial charge on any atom is -0.369 e. The van der Waals surface area contributed by atoms with Crippen LogP contribution in [-0.2, 0) is 11.0 Å². The quantitative estimate of drug-likeness (QED) is 0.659. The summed E-state index contributed by atoms with van der Waals surface area (Å²) in [6.07, 6.45) is 6.48. The SMILES string of the molecule is NCS(=O)NC1CCN(c2cc[nH]c3cnc4nccc4c23)C1. The number of nitrogens with one attached hydrogen (secondary N) is 2. The summed E-state index contributed by atoms with van der Waals surface area (Å²) in [6.45, 7) is 1.72. The van der Waals surface area contributed by atoms with Gasteiger partial charge >= 0.3 is 0 Å². The zero-order chi connectivity index (χ0) is 15.8. The number of aromatic amines is 1. The molecule has 3 aromatic rings. The van der Waals surface area contributed by atoms with E-state index in [-0.39, 0.29) is 11.9 Å². The molecule has 0 saturated carbocycles. The second-order valence-electron chi connectivity index (χ2n) is 5.65. The minimum atomic E-state index is -1.16. The second kappa shape index (κ2) is 5.88. The maximum absolute atomic E-state index is 11.6. The number of anilines is 1. The highest BCUT2D eigenvalue weighted by Gasteiger charge is 2.25. The minimum absolute atomic E-state index is 0.144. The van der Waals surface area contributed by atoms with Gasteiger partial charge in [0.05, 0.1) is 17.6 Å². The van der Waals surface area contributed by atoms with Gasteiger partial charge in [-0.1, -0.05) is 0 Å². The van der Waals surface area contributed by atoms with E-state index in [1.54, 1.807) is 6.20 Å². The normalized spacial score (nSPS) is 19.7. The molecule has 1 saturated heterocycles. The van der Waals surface area contributed by atoms with Crippen molar-refractivity contribution in [2.45, 2.75) is 12.5 Å². The first-order chi connectivity index (χ1) is 11.3. The van der Waals surface area contributed by atoms with Crippen molar-refractivity contribution in [1.29, 1.82) is 0 Å².